The van der Waals surface area contributed by atoms with Crippen molar-refractivity contribution >= 4 is 17.3 Å². The van der Waals surface area contributed by atoms with Crippen molar-refractivity contribution in [3.8, 4) is 5.75 Å². The summed E-state index contributed by atoms with van der Waals surface area (Å²) in [7, 11) is 0. The zero-order chi connectivity index (χ0) is 16.7. The third-order valence-electron chi connectivity index (χ3n) is 3.23. The fourth-order valence-corrected chi connectivity index (χ4v) is 2.06. The Kier molecular flexibility index (Phi) is 5.97. The minimum atomic E-state index is -0.0447. The highest BCUT2D eigenvalue weighted by Gasteiger charge is 2.06. The van der Waals surface area contributed by atoms with Gasteiger partial charge in [0.2, 0.25) is 5.91 Å². The zero-order valence-electron chi connectivity index (χ0n) is 13.6. The first-order chi connectivity index (χ1) is 11.0. The number of nitrogens with two attached hydrogens (primary N) is 1. The molecule has 1 aromatic heterocycles. The Labute approximate surface area is 136 Å². The molecule has 0 bridgehead atoms. The smallest absolute Gasteiger partial charge is 0.224 e. The Hall–Kier alpha value is -2.56. The molecule has 0 spiro atoms. The first-order valence-electron chi connectivity index (χ1n) is 7.75. The van der Waals surface area contributed by atoms with Crippen molar-refractivity contribution in [2.45, 2.75) is 26.7 Å². The van der Waals surface area contributed by atoms with Gasteiger partial charge in [-0.3, -0.25) is 9.78 Å². The van der Waals surface area contributed by atoms with E-state index in [0.29, 0.717) is 42.5 Å². The Morgan fingerprint density at radius 1 is 1.35 bits per heavy atom. The van der Waals surface area contributed by atoms with Crippen LogP contribution in [0.3, 0.4) is 0 Å². The summed E-state index contributed by atoms with van der Waals surface area (Å²) in [6.45, 7) is 4.81. The number of carbonyl (C=O) groups is 1. The number of anilines is 2. The fraction of sp³-hybridized carbons (Fsp3) is 0.333. The van der Waals surface area contributed by atoms with E-state index >= 15 is 0 Å². The molecule has 0 radical (unpaired) electrons. The molecule has 1 heterocycles. The van der Waals surface area contributed by atoms with Crippen LogP contribution in [0, 0.1) is 5.92 Å². The Balaban J connectivity index is 1.86. The number of benzene rings is 1. The molecule has 0 atom stereocenters. The first-order valence-corrected chi connectivity index (χ1v) is 7.75. The van der Waals surface area contributed by atoms with Crippen LogP contribution in [0.4, 0.5) is 11.4 Å². The summed E-state index contributed by atoms with van der Waals surface area (Å²) < 4.78 is 5.65. The number of aromatic nitrogens is 1. The van der Waals surface area contributed by atoms with E-state index in [4.69, 9.17) is 10.5 Å². The Bertz CT molecular complexity index is 642. The number of amides is 1. The topological polar surface area (TPSA) is 77.2 Å². The van der Waals surface area contributed by atoms with Gasteiger partial charge in [-0.1, -0.05) is 19.9 Å². The summed E-state index contributed by atoms with van der Waals surface area (Å²) in [6.07, 6.45) is 4.30. The number of nitrogen functional groups attached to an aromatic ring is 1. The van der Waals surface area contributed by atoms with Gasteiger partial charge in [-0.05, 0) is 42.2 Å². The Morgan fingerprint density at radius 2 is 2.17 bits per heavy atom. The molecule has 1 amide bonds. The maximum absolute atomic E-state index is 11.9. The molecule has 0 unspecified atom stereocenters. The highest BCUT2D eigenvalue weighted by Crippen LogP contribution is 2.23. The number of hydrogen-bond donors (Lipinski definition) is 2. The normalized spacial score (nSPS) is 10.6. The van der Waals surface area contributed by atoms with Gasteiger partial charge in [0.1, 0.15) is 5.75 Å². The largest absolute Gasteiger partial charge is 0.491 e. The van der Waals surface area contributed by atoms with Crippen LogP contribution in [-0.4, -0.2) is 17.5 Å². The highest BCUT2D eigenvalue weighted by atomic mass is 16.5. The van der Waals surface area contributed by atoms with Gasteiger partial charge in [0, 0.05) is 12.6 Å². The average molecular weight is 313 g/mol. The number of pyridine rings is 1. The fourth-order valence-electron chi connectivity index (χ4n) is 2.06. The molecule has 122 valence electrons. The van der Waals surface area contributed by atoms with E-state index in [0.717, 1.165) is 5.56 Å². The number of nitrogens with zero attached hydrogens (tertiary/aromatic N) is 1. The van der Waals surface area contributed by atoms with Crippen LogP contribution in [0.25, 0.3) is 0 Å². The van der Waals surface area contributed by atoms with Crippen molar-refractivity contribution in [1.29, 1.82) is 0 Å². The molecule has 0 aliphatic heterocycles. The minimum Gasteiger partial charge on any atom is -0.491 e. The zero-order valence-corrected chi connectivity index (χ0v) is 13.6. The van der Waals surface area contributed by atoms with Crippen LogP contribution in [0.2, 0.25) is 0 Å². The molecule has 5 heteroatoms. The molecule has 0 saturated carbocycles. The third kappa shape index (κ3) is 5.62. The van der Waals surface area contributed by atoms with E-state index in [-0.39, 0.29) is 5.91 Å². The van der Waals surface area contributed by atoms with Gasteiger partial charge < -0.3 is 15.8 Å². The summed E-state index contributed by atoms with van der Waals surface area (Å²) in [5.41, 5.74) is 8.33. The van der Waals surface area contributed by atoms with Gasteiger partial charge in [0.25, 0.3) is 0 Å². The number of carbonyl (C=O) groups excluding carboxylic acids is 1. The lowest BCUT2D eigenvalue weighted by atomic mass is 10.1. The van der Waals surface area contributed by atoms with Gasteiger partial charge in [0.15, 0.2) is 0 Å². The monoisotopic (exact) mass is 313 g/mol. The lowest BCUT2D eigenvalue weighted by Gasteiger charge is -2.12. The van der Waals surface area contributed by atoms with Gasteiger partial charge in [0.05, 0.1) is 24.2 Å². The van der Waals surface area contributed by atoms with Crippen LogP contribution in [0.15, 0.2) is 42.7 Å². The molecule has 3 N–H and O–H groups in total. The predicted octanol–water partition coefficient (Wildman–Crippen LogP) is 3.27. The summed E-state index contributed by atoms with van der Waals surface area (Å²) in [5.74, 6) is 1.10. The van der Waals surface area contributed by atoms with Crippen molar-refractivity contribution in [3.05, 3.63) is 48.3 Å². The van der Waals surface area contributed by atoms with Crippen LogP contribution < -0.4 is 15.8 Å². The van der Waals surface area contributed by atoms with Crippen molar-refractivity contribution in [1.82, 2.24) is 4.98 Å². The molecule has 0 fully saturated rings. The van der Waals surface area contributed by atoms with Gasteiger partial charge in [-0.15, -0.1) is 0 Å². The first kappa shape index (κ1) is 16.8. The molecule has 5 nitrogen and oxygen atoms in total. The van der Waals surface area contributed by atoms with Crippen LogP contribution >= 0.6 is 0 Å². The molecular weight excluding hydrogens is 290 g/mol. The summed E-state index contributed by atoms with van der Waals surface area (Å²) in [4.78, 5) is 15.9. The molecule has 0 saturated heterocycles. The average Bonchev–Trinajstić information content (AvgIpc) is 2.53. The lowest BCUT2D eigenvalue weighted by Crippen LogP contribution is -2.12. The van der Waals surface area contributed by atoms with Crippen molar-refractivity contribution in [3.63, 3.8) is 0 Å². The molecule has 0 aliphatic rings. The molecule has 1 aromatic carbocycles. The number of rotatable bonds is 7. The number of nitrogens with one attached hydrogen (secondary N) is 1. The van der Waals surface area contributed by atoms with Crippen LogP contribution in [0.1, 0.15) is 25.8 Å². The lowest BCUT2D eigenvalue weighted by molar-refractivity contribution is -0.116. The number of ether oxygens (including phenoxy) is 1. The third-order valence-corrected chi connectivity index (χ3v) is 3.23. The second kappa shape index (κ2) is 8.17. The summed E-state index contributed by atoms with van der Waals surface area (Å²) >= 11 is 0. The van der Waals surface area contributed by atoms with Crippen LogP contribution in [0.5, 0.6) is 5.75 Å². The molecular formula is C18H23N3O2. The number of hydrogen-bond acceptors (Lipinski definition) is 4. The predicted molar refractivity (Wildman–Crippen MR) is 92.4 cm³/mol. The summed E-state index contributed by atoms with van der Waals surface area (Å²) in [6, 6.07) is 9.28. The number of aryl methyl sites for hydroxylation is 1. The van der Waals surface area contributed by atoms with Crippen LogP contribution in [-0.2, 0) is 11.2 Å². The van der Waals surface area contributed by atoms with E-state index in [1.54, 1.807) is 18.5 Å². The minimum absolute atomic E-state index is 0.0447. The SMILES string of the molecule is CC(C)COc1ccc(CCC(=O)Nc2cccnc2)cc1N. The van der Waals surface area contributed by atoms with E-state index in [1.165, 1.54) is 0 Å². The van der Waals surface area contributed by atoms with Crippen molar-refractivity contribution in [2.75, 3.05) is 17.7 Å². The molecule has 2 rings (SSSR count). The van der Waals surface area contributed by atoms with Gasteiger partial charge >= 0.3 is 0 Å². The molecule has 23 heavy (non-hydrogen) atoms. The van der Waals surface area contributed by atoms with E-state index in [1.807, 2.05) is 24.3 Å². The second-order valence-corrected chi connectivity index (χ2v) is 5.87. The van der Waals surface area contributed by atoms with Gasteiger partial charge in [-0.25, -0.2) is 0 Å². The second-order valence-electron chi connectivity index (χ2n) is 5.87. The standard InChI is InChI=1S/C18H23N3O2/c1-13(2)12-23-17-7-5-14(10-16(17)19)6-8-18(22)21-15-4-3-9-20-11-15/h3-5,7,9-11,13H,6,8,12,19H2,1-2H3,(H,21,22). The van der Waals surface area contributed by atoms with E-state index in [2.05, 4.69) is 24.1 Å². The Morgan fingerprint density at radius 3 is 2.83 bits per heavy atom. The van der Waals surface area contributed by atoms with Crippen molar-refractivity contribution in [2.24, 2.45) is 5.92 Å². The van der Waals surface area contributed by atoms with E-state index < -0.39 is 0 Å². The van der Waals surface area contributed by atoms with E-state index in [9.17, 15) is 4.79 Å². The highest BCUT2D eigenvalue weighted by molar-refractivity contribution is 5.90. The maximum atomic E-state index is 11.9. The molecule has 0 aliphatic carbocycles. The quantitative estimate of drug-likeness (QED) is 0.769. The maximum Gasteiger partial charge on any atom is 0.224 e. The van der Waals surface area contributed by atoms with Crippen molar-refractivity contribution < 1.29 is 9.53 Å². The van der Waals surface area contributed by atoms with Gasteiger partial charge in [-0.2, -0.15) is 0 Å². The molecule has 2 aromatic rings. The summed E-state index contributed by atoms with van der Waals surface area (Å²) in [5, 5.41) is 2.81.